The van der Waals surface area contributed by atoms with Crippen molar-refractivity contribution < 1.29 is 63.0 Å². The van der Waals surface area contributed by atoms with E-state index in [4.69, 9.17) is 17.6 Å². The Bertz CT molecular complexity index is 2630. The topological polar surface area (TPSA) is 393 Å². The van der Waals surface area contributed by atoms with E-state index in [1.165, 1.54) is 48.0 Å². The number of guanidine groups is 1. The molecule has 2 aromatic rings. The van der Waals surface area contributed by atoms with Crippen molar-refractivity contribution in [2.24, 2.45) is 11.7 Å². The molecule has 0 bridgehead atoms. The lowest BCUT2D eigenvalue weighted by Crippen LogP contribution is -2.60. The zero-order chi connectivity index (χ0) is 60.5. The Labute approximate surface area is 476 Å². The van der Waals surface area contributed by atoms with Crippen LogP contribution in [0.5, 0.6) is 5.75 Å². The maximum absolute atomic E-state index is 14.9. The summed E-state index contributed by atoms with van der Waals surface area (Å²) in [6, 6.07) is 3.28. The van der Waals surface area contributed by atoms with Crippen LogP contribution in [0.15, 0.2) is 54.6 Å². The van der Waals surface area contributed by atoms with Gasteiger partial charge in [-0.05, 0) is 87.5 Å². The number of likely N-dealkylation sites (N-methyl/N-ethyl adjacent to an activating group) is 1. The summed E-state index contributed by atoms with van der Waals surface area (Å²) in [6.07, 6.45) is 5.51. The summed E-state index contributed by atoms with van der Waals surface area (Å²) in [5.74, 6) is -7.83. The number of carboxylic acids is 1. The molecule has 10 amide bonds. The van der Waals surface area contributed by atoms with Crippen LogP contribution in [0, 0.1) is 23.7 Å². The molecule has 0 aliphatic carbocycles. The molecule has 2 aliphatic heterocycles. The zero-order valence-corrected chi connectivity index (χ0v) is 46.8. The predicted octanol–water partition coefficient (Wildman–Crippen LogP) is -1.46. The quantitative estimate of drug-likeness (QED) is 0.0331. The summed E-state index contributed by atoms with van der Waals surface area (Å²) in [4.78, 5) is 156. The standard InChI is InChI=1S/C56H79N13O13/c1-6-7-20-45(71)59-25-12-11-18-43-53(80)66-40(29-36-21-23-37(70)24-22-36)51(78)64-38(17-13-26-60-56(57)58)49(76)61-32-46(72)63-41(31-47(73)74)52(79)65-39(28-33(2)3)50(77)62-34(4)48(75)67-42(30-35-15-9-8-10-16-35)54(81)69-27-14-19-44(69)55(82)68(43)5/h1,8-10,15-16,21-24,33-34,38-44,70H,7,11-14,17-20,25-32H2,2-5H3,(H,59,71)(H,61,76)(H,62,77)(H,63,72)(H,64,78)(H,65,79)(H,66,80)(H,67,75)(H,73,74)(H4,57,58,60)/t34-,38-,39-,40-,41-,42-,43-,44+/m0/s1. The number of rotatable bonds is 19. The number of amides is 10. The molecule has 8 atom stereocenters. The van der Waals surface area contributed by atoms with Crippen LogP contribution < -0.4 is 53.6 Å². The number of nitrogens with zero attached hydrogens (tertiary/aromatic N) is 2. The number of nitrogens with one attached hydrogen (secondary N) is 10. The molecule has 4 rings (SSSR count). The third kappa shape index (κ3) is 21.7. The molecule has 0 spiro atoms. The van der Waals surface area contributed by atoms with Crippen molar-refractivity contribution in [3.05, 3.63) is 65.7 Å². The third-order valence-electron chi connectivity index (χ3n) is 13.7. The van der Waals surface area contributed by atoms with Crippen LogP contribution in [0.2, 0.25) is 0 Å². The lowest BCUT2D eigenvalue weighted by Gasteiger charge is -2.35. The number of aliphatic carboxylic acids is 1. The molecule has 2 aliphatic rings. The van der Waals surface area contributed by atoms with E-state index in [0.29, 0.717) is 24.0 Å². The number of carboxylic acid groups (broad SMARTS) is 1. The average molecular weight is 1140 g/mol. The van der Waals surface area contributed by atoms with Crippen molar-refractivity contribution >= 4 is 71.0 Å². The summed E-state index contributed by atoms with van der Waals surface area (Å²) in [6.45, 7) is 4.34. The second-order valence-corrected chi connectivity index (χ2v) is 20.8. The molecule has 0 saturated carbocycles. The van der Waals surface area contributed by atoms with Crippen LogP contribution in [0.25, 0.3) is 0 Å². The normalized spacial score (nSPS) is 23.1. The minimum atomic E-state index is -1.79. The first-order valence-corrected chi connectivity index (χ1v) is 27.5. The van der Waals surface area contributed by atoms with Gasteiger partial charge in [-0.1, -0.05) is 56.3 Å². The Hall–Kier alpha value is -8.76. The first-order valence-electron chi connectivity index (χ1n) is 27.5. The monoisotopic (exact) mass is 1140 g/mol. The molecule has 2 heterocycles. The summed E-state index contributed by atoms with van der Waals surface area (Å²) in [5, 5.41) is 50.7. The van der Waals surface area contributed by atoms with E-state index < -0.39 is 120 Å². The number of aromatic hydroxyl groups is 1. The molecule has 26 heteroatoms. The minimum absolute atomic E-state index is 0.0115. The fourth-order valence-corrected chi connectivity index (χ4v) is 9.38. The Morgan fingerprint density at radius 1 is 0.732 bits per heavy atom. The third-order valence-corrected chi connectivity index (χ3v) is 13.7. The summed E-state index contributed by atoms with van der Waals surface area (Å²) >= 11 is 0. The molecule has 14 N–H and O–H groups in total. The first kappa shape index (κ1) is 65.8. The number of phenols is 1. The van der Waals surface area contributed by atoms with Gasteiger partial charge in [-0.15, -0.1) is 12.3 Å². The van der Waals surface area contributed by atoms with Crippen LogP contribution in [0.3, 0.4) is 0 Å². The number of benzene rings is 2. The van der Waals surface area contributed by atoms with Gasteiger partial charge in [0.1, 0.15) is 54.1 Å². The van der Waals surface area contributed by atoms with Crippen LogP contribution >= 0.6 is 0 Å². The van der Waals surface area contributed by atoms with Crippen molar-refractivity contribution in [2.75, 3.05) is 33.2 Å². The van der Waals surface area contributed by atoms with Crippen molar-refractivity contribution in [2.45, 2.75) is 153 Å². The van der Waals surface area contributed by atoms with E-state index in [-0.39, 0.29) is 107 Å². The van der Waals surface area contributed by atoms with E-state index in [1.807, 2.05) is 0 Å². The maximum atomic E-state index is 14.9. The van der Waals surface area contributed by atoms with Gasteiger partial charge in [-0.2, -0.15) is 0 Å². The van der Waals surface area contributed by atoms with Crippen LogP contribution in [0.4, 0.5) is 0 Å². The highest BCUT2D eigenvalue weighted by Gasteiger charge is 2.42. The summed E-state index contributed by atoms with van der Waals surface area (Å²) < 4.78 is 0. The van der Waals surface area contributed by atoms with E-state index in [1.54, 1.807) is 44.2 Å². The average Bonchev–Trinajstić information content (AvgIpc) is 3.92. The molecule has 2 fully saturated rings. The number of carbonyl (C=O) groups is 11. The number of phenolic OH excluding ortho intramolecular Hbond substituents is 1. The Morgan fingerprint density at radius 2 is 1.34 bits per heavy atom. The predicted molar refractivity (Wildman–Crippen MR) is 299 cm³/mol. The molecule has 446 valence electrons. The SMILES string of the molecule is C#CCCC(=O)NCCCC[C@H]1C(=O)N[C@@H](Cc2ccc(O)cc2)C(=O)N[C@@H](CCCNC(=N)N)C(=O)NCC(=O)N[C@@H](CC(=O)O)C(=O)N[C@@H](CC(C)C)C(=O)N[C@@H](C)C(=O)N[C@@H](Cc2ccccc2)C(=O)N2CCC[C@@H]2C(=O)N1C. The van der Waals surface area contributed by atoms with Gasteiger partial charge in [0.15, 0.2) is 5.96 Å². The van der Waals surface area contributed by atoms with Crippen LogP contribution in [-0.4, -0.2) is 173 Å². The Kier molecular flexibility index (Phi) is 26.5. The van der Waals surface area contributed by atoms with Gasteiger partial charge in [-0.3, -0.25) is 58.1 Å². The smallest absolute Gasteiger partial charge is 0.305 e. The van der Waals surface area contributed by atoms with Gasteiger partial charge in [-0.25, -0.2) is 0 Å². The van der Waals surface area contributed by atoms with Gasteiger partial charge in [0.2, 0.25) is 59.1 Å². The number of fused-ring (bicyclic) bond motifs is 1. The highest BCUT2D eigenvalue weighted by molar-refractivity contribution is 5.99. The van der Waals surface area contributed by atoms with Crippen molar-refractivity contribution in [1.29, 1.82) is 5.41 Å². The van der Waals surface area contributed by atoms with Crippen molar-refractivity contribution in [3.63, 3.8) is 0 Å². The molecular weight excluding hydrogens is 1060 g/mol. The number of hydrogen-bond acceptors (Lipinski definition) is 13. The van der Waals surface area contributed by atoms with E-state index in [0.717, 1.165) is 0 Å². The van der Waals surface area contributed by atoms with Crippen LogP contribution in [-0.2, 0) is 65.6 Å². The van der Waals surface area contributed by atoms with Gasteiger partial charge in [0.25, 0.3) is 0 Å². The van der Waals surface area contributed by atoms with Gasteiger partial charge < -0.3 is 73.6 Å². The minimum Gasteiger partial charge on any atom is -0.508 e. The van der Waals surface area contributed by atoms with Crippen molar-refractivity contribution in [3.8, 4) is 18.1 Å². The molecule has 26 nitrogen and oxygen atoms in total. The molecule has 0 radical (unpaired) electrons. The van der Waals surface area contributed by atoms with Crippen molar-refractivity contribution in [1.82, 2.24) is 57.7 Å². The van der Waals surface area contributed by atoms with Gasteiger partial charge in [0.05, 0.1) is 13.0 Å². The lowest BCUT2D eigenvalue weighted by molar-refractivity contribution is -0.148. The van der Waals surface area contributed by atoms with Crippen LogP contribution in [0.1, 0.15) is 103 Å². The maximum Gasteiger partial charge on any atom is 0.305 e. The van der Waals surface area contributed by atoms with E-state index in [9.17, 15) is 63.0 Å². The summed E-state index contributed by atoms with van der Waals surface area (Å²) in [5.41, 5.74) is 6.55. The van der Waals surface area contributed by atoms with E-state index >= 15 is 0 Å². The molecule has 2 saturated heterocycles. The zero-order valence-electron chi connectivity index (χ0n) is 46.8. The first-order chi connectivity index (χ1) is 39.0. The Balaban J connectivity index is 1.83. The largest absolute Gasteiger partial charge is 0.508 e. The molecule has 2 aromatic carbocycles. The summed E-state index contributed by atoms with van der Waals surface area (Å²) in [7, 11) is 1.39. The van der Waals surface area contributed by atoms with E-state index in [2.05, 4.69) is 53.8 Å². The molecule has 82 heavy (non-hydrogen) atoms. The fraction of sp³-hybridized carbons (Fsp3) is 0.536. The number of carbonyl (C=O) groups excluding carboxylic acids is 10. The number of unbranched alkanes of at least 4 members (excludes halogenated alkanes) is 1. The molecule has 0 unspecified atom stereocenters. The van der Waals surface area contributed by atoms with Gasteiger partial charge in [0, 0.05) is 52.4 Å². The number of terminal acetylenes is 1. The number of hydrogen-bond donors (Lipinski definition) is 13. The lowest BCUT2D eigenvalue weighted by atomic mass is 10.0. The second kappa shape index (κ2) is 33.1. The van der Waals surface area contributed by atoms with Gasteiger partial charge >= 0.3 is 5.97 Å². The second-order valence-electron chi connectivity index (χ2n) is 20.8. The molecule has 0 aromatic heterocycles. The Morgan fingerprint density at radius 3 is 2.00 bits per heavy atom. The highest BCUT2D eigenvalue weighted by Crippen LogP contribution is 2.24. The fourth-order valence-electron chi connectivity index (χ4n) is 9.38. The number of nitrogens with two attached hydrogens (primary N) is 1. The molecular formula is C56H79N13O13. The highest BCUT2D eigenvalue weighted by atomic mass is 16.4.